The highest BCUT2D eigenvalue weighted by molar-refractivity contribution is 7.89. The van der Waals surface area contributed by atoms with Crippen LogP contribution in [-0.4, -0.2) is 51.9 Å². The Bertz CT molecular complexity index is 857. The lowest BCUT2D eigenvalue weighted by atomic mass is 10.1. The average molecular weight is 388 g/mol. The molecule has 1 fully saturated rings. The van der Waals surface area contributed by atoms with E-state index in [2.05, 4.69) is 15.9 Å². The number of nitrogens with zero attached hydrogens (tertiary/aromatic N) is 3. The Kier molecular flexibility index (Phi) is 6.19. The Morgan fingerprint density at radius 1 is 0.889 bits per heavy atom. The van der Waals surface area contributed by atoms with Crippen LogP contribution in [-0.2, 0) is 23.1 Å². The second kappa shape index (κ2) is 8.42. The van der Waals surface area contributed by atoms with Gasteiger partial charge in [-0.05, 0) is 56.3 Å². The Hall–Kier alpha value is -1.89. The lowest BCUT2D eigenvalue weighted by molar-refractivity contribution is 0.402. The third-order valence-corrected chi connectivity index (χ3v) is 6.78. The summed E-state index contributed by atoms with van der Waals surface area (Å²) in [5, 5.41) is 0. The Morgan fingerprint density at radius 3 is 2.15 bits per heavy atom. The summed E-state index contributed by atoms with van der Waals surface area (Å²) in [5.74, 6) is 0. The molecule has 1 saturated heterocycles. The highest BCUT2D eigenvalue weighted by Crippen LogP contribution is 2.27. The monoisotopic (exact) mass is 387 g/mol. The summed E-state index contributed by atoms with van der Waals surface area (Å²) in [5.41, 5.74) is 3.30. The van der Waals surface area contributed by atoms with Gasteiger partial charge in [0, 0.05) is 38.9 Å². The molecule has 6 heteroatoms. The summed E-state index contributed by atoms with van der Waals surface area (Å²) in [6.07, 6.45) is 2.39. The highest BCUT2D eigenvalue weighted by atomic mass is 32.2. The molecule has 0 bridgehead atoms. The Morgan fingerprint density at radius 2 is 1.52 bits per heavy atom. The molecule has 1 aliphatic heterocycles. The van der Waals surface area contributed by atoms with Gasteiger partial charge in [-0.1, -0.05) is 30.3 Å². The van der Waals surface area contributed by atoms with E-state index in [0.717, 1.165) is 36.4 Å². The first kappa shape index (κ1) is 19.9. The van der Waals surface area contributed by atoms with Crippen molar-refractivity contribution in [3.8, 4) is 0 Å². The molecular formula is C21H29N3O2S. The fourth-order valence-electron chi connectivity index (χ4n) is 3.55. The molecule has 2 aromatic carbocycles. The lowest BCUT2D eigenvalue weighted by Crippen LogP contribution is -2.28. The van der Waals surface area contributed by atoms with Gasteiger partial charge in [-0.2, -0.15) is 4.31 Å². The van der Waals surface area contributed by atoms with Crippen LogP contribution in [0.15, 0.2) is 53.4 Å². The summed E-state index contributed by atoms with van der Waals surface area (Å²) in [6.45, 7) is 3.25. The summed E-state index contributed by atoms with van der Waals surface area (Å²) < 4.78 is 27.5. The number of para-hydroxylation sites is 1. The summed E-state index contributed by atoms with van der Waals surface area (Å²) in [4.78, 5) is 4.75. The normalized spacial score (nSPS) is 15.1. The van der Waals surface area contributed by atoms with E-state index in [-0.39, 0.29) is 0 Å². The molecule has 0 saturated carbocycles. The molecule has 1 heterocycles. The van der Waals surface area contributed by atoms with E-state index in [1.807, 2.05) is 44.4 Å². The van der Waals surface area contributed by atoms with Gasteiger partial charge in [-0.3, -0.25) is 0 Å². The largest absolute Gasteiger partial charge is 0.371 e. The lowest BCUT2D eigenvalue weighted by Gasteiger charge is -2.24. The molecule has 0 amide bonds. The molecule has 3 rings (SSSR count). The van der Waals surface area contributed by atoms with Crippen LogP contribution >= 0.6 is 0 Å². The van der Waals surface area contributed by atoms with Crippen LogP contribution in [0.3, 0.4) is 0 Å². The van der Waals surface area contributed by atoms with E-state index < -0.39 is 10.0 Å². The van der Waals surface area contributed by atoms with Crippen molar-refractivity contribution in [3.63, 3.8) is 0 Å². The SMILES string of the molecule is CN(C)Cc1ccc(S(=O)(=O)N(C)Cc2ccccc2N2CCCC2)cc1. The number of rotatable bonds is 7. The minimum atomic E-state index is -3.52. The number of benzene rings is 2. The minimum absolute atomic E-state index is 0.339. The van der Waals surface area contributed by atoms with Crippen LogP contribution in [0.4, 0.5) is 5.69 Å². The van der Waals surface area contributed by atoms with Crippen molar-refractivity contribution < 1.29 is 8.42 Å². The average Bonchev–Trinajstić information content (AvgIpc) is 3.16. The van der Waals surface area contributed by atoms with Gasteiger partial charge in [0.05, 0.1) is 4.90 Å². The minimum Gasteiger partial charge on any atom is -0.371 e. The van der Waals surface area contributed by atoms with Crippen LogP contribution in [0.5, 0.6) is 0 Å². The highest BCUT2D eigenvalue weighted by Gasteiger charge is 2.23. The molecule has 27 heavy (non-hydrogen) atoms. The number of sulfonamides is 1. The van der Waals surface area contributed by atoms with Gasteiger partial charge in [-0.15, -0.1) is 0 Å². The van der Waals surface area contributed by atoms with Crippen molar-refractivity contribution >= 4 is 15.7 Å². The topological polar surface area (TPSA) is 43.9 Å². The fraction of sp³-hybridized carbons (Fsp3) is 0.429. The summed E-state index contributed by atoms with van der Waals surface area (Å²) in [7, 11) is 2.13. The van der Waals surface area contributed by atoms with Crippen molar-refractivity contribution in [2.45, 2.75) is 30.8 Å². The van der Waals surface area contributed by atoms with Crippen molar-refractivity contribution in [3.05, 3.63) is 59.7 Å². The molecule has 0 aliphatic carbocycles. The van der Waals surface area contributed by atoms with Gasteiger partial charge >= 0.3 is 0 Å². The van der Waals surface area contributed by atoms with Gasteiger partial charge in [0.25, 0.3) is 0 Å². The predicted molar refractivity (Wildman–Crippen MR) is 110 cm³/mol. The molecule has 0 N–H and O–H groups in total. The van der Waals surface area contributed by atoms with Gasteiger partial charge in [0.1, 0.15) is 0 Å². The molecule has 0 atom stereocenters. The Labute approximate surface area is 163 Å². The van der Waals surface area contributed by atoms with E-state index in [1.54, 1.807) is 19.2 Å². The van der Waals surface area contributed by atoms with Crippen molar-refractivity contribution in [1.29, 1.82) is 0 Å². The van der Waals surface area contributed by atoms with E-state index in [0.29, 0.717) is 11.4 Å². The van der Waals surface area contributed by atoms with Gasteiger partial charge < -0.3 is 9.80 Å². The fourth-order valence-corrected chi connectivity index (χ4v) is 4.70. The first-order chi connectivity index (χ1) is 12.9. The standard InChI is InChI=1S/C21H29N3O2S/c1-22(2)16-18-10-12-20(13-11-18)27(25,26)23(3)17-19-8-4-5-9-21(19)24-14-6-7-15-24/h4-5,8-13H,6-7,14-17H2,1-3H3. The third-order valence-electron chi connectivity index (χ3n) is 4.96. The maximum Gasteiger partial charge on any atom is 0.243 e. The number of hydrogen-bond donors (Lipinski definition) is 0. The van der Waals surface area contributed by atoms with Crippen molar-refractivity contribution in [1.82, 2.24) is 9.21 Å². The van der Waals surface area contributed by atoms with E-state index in [9.17, 15) is 8.42 Å². The molecule has 5 nitrogen and oxygen atoms in total. The zero-order valence-electron chi connectivity index (χ0n) is 16.4. The maximum atomic E-state index is 13.0. The van der Waals surface area contributed by atoms with Crippen LogP contribution in [0, 0.1) is 0 Å². The zero-order chi connectivity index (χ0) is 19.4. The number of hydrogen-bond acceptors (Lipinski definition) is 4. The summed E-state index contributed by atoms with van der Waals surface area (Å²) in [6, 6.07) is 15.3. The zero-order valence-corrected chi connectivity index (χ0v) is 17.2. The number of anilines is 1. The maximum absolute atomic E-state index is 13.0. The van der Waals surface area contributed by atoms with Crippen LogP contribution in [0.2, 0.25) is 0 Å². The molecule has 0 radical (unpaired) electrons. The van der Waals surface area contributed by atoms with E-state index in [1.165, 1.54) is 17.1 Å². The molecule has 0 unspecified atom stereocenters. The molecule has 0 aromatic heterocycles. The second-order valence-electron chi connectivity index (χ2n) is 7.47. The summed E-state index contributed by atoms with van der Waals surface area (Å²) >= 11 is 0. The van der Waals surface area contributed by atoms with Gasteiger partial charge in [0.15, 0.2) is 0 Å². The van der Waals surface area contributed by atoms with Gasteiger partial charge in [-0.25, -0.2) is 8.42 Å². The van der Waals surface area contributed by atoms with Crippen LogP contribution in [0.1, 0.15) is 24.0 Å². The first-order valence-corrected chi connectivity index (χ1v) is 10.8. The van der Waals surface area contributed by atoms with E-state index >= 15 is 0 Å². The molecular weight excluding hydrogens is 358 g/mol. The molecule has 2 aromatic rings. The van der Waals surface area contributed by atoms with E-state index in [4.69, 9.17) is 0 Å². The van der Waals surface area contributed by atoms with Crippen molar-refractivity contribution in [2.24, 2.45) is 0 Å². The Balaban J connectivity index is 1.78. The second-order valence-corrected chi connectivity index (χ2v) is 9.51. The third kappa shape index (κ3) is 4.69. The smallest absolute Gasteiger partial charge is 0.243 e. The quantitative estimate of drug-likeness (QED) is 0.732. The van der Waals surface area contributed by atoms with Crippen molar-refractivity contribution in [2.75, 3.05) is 39.1 Å². The first-order valence-electron chi connectivity index (χ1n) is 9.41. The predicted octanol–water partition coefficient (Wildman–Crippen LogP) is 3.17. The van der Waals surface area contributed by atoms with Gasteiger partial charge in [0.2, 0.25) is 10.0 Å². The van der Waals surface area contributed by atoms with Crippen LogP contribution < -0.4 is 4.90 Å². The molecule has 0 spiro atoms. The molecule has 146 valence electrons. The molecule has 1 aliphatic rings. The van der Waals surface area contributed by atoms with Crippen LogP contribution in [0.25, 0.3) is 0 Å².